The van der Waals surface area contributed by atoms with Gasteiger partial charge < -0.3 is 4.74 Å². The number of benzene rings is 3. The van der Waals surface area contributed by atoms with Crippen LogP contribution >= 0.6 is 0 Å². The average Bonchev–Trinajstić information content (AvgIpc) is 2.97. The molecule has 6 heteroatoms. The molecule has 37 heavy (non-hydrogen) atoms. The predicted molar refractivity (Wildman–Crippen MR) is 148 cm³/mol. The summed E-state index contributed by atoms with van der Waals surface area (Å²) in [5, 5.41) is 0. The number of methoxy groups -OCH3 is 1. The summed E-state index contributed by atoms with van der Waals surface area (Å²) in [6.45, 7) is 2.25. The van der Waals surface area contributed by atoms with Crippen LogP contribution in [0.2, 0.25) is 0 Å². The topological polar surface area (TPSA) is 49.9 Å². The number of sulfonamides is 1. The van der Waals surface area contributed by atoms with Gasteiger partial charge in [0, 0.05) is 18.6 Å². The summed E-state index contributed by atoms with van der Waals surface area (Å²) in [5.41, 5.74) is 2.46. The third kappa shape index (κ3) is 5.92. The largest absolute Gasteiger partial charge is 0.497 e. The molecule has 196 valence electrons. The van der Waals surface area contributed by atoms with Crippen LogP contribution in [0.4, 0.5) is 0 Å². The second-order valence-electron chi connectivity index (χ2n) is 10.3. The van der Waals surface area contributed by atoms with Gasteiger partial charge >= 0.3 is 0 Å². The monoisotopic (exact) mass is 518 g/mol. The van der Waals surface area contributed by atoms with E-state index in [2.05, 4.69) is 35.2 Å². The zero-order chi connectivity index (χ0) is 25.7. The van der Waals surface area contributed by atoms with Crippen molar-refractivity contribution in [1.82, 2.24) is 9.21 Å². The minimum Gasteiger partial charge on any atom is -0.497 e. The summed E-state index contributed by atoms with van der Waals surface area (Å²) in [6.07, 6.45) is 6.72. The van der Waals surface area contributed by atoms with Gasteiger partial charge in [0.15, 0.2) is 0 Å². The SMILES string of the molecule is COc1ccc(S(=O)(=O)N(Cc2ccccc2)C2CCN(C3CCCCC3c3ccccc3)CC2)cc1. The van der Waals surface area contributed by atoms with Crippen LogP contribution in [0.5, 0.6) is 5.75 Å². The number of rotatable bonds is 8. The average molecular weight is 519 g/mol. The molecule has 1 saturated heterocycles. The Balaban J connectivity index is 1.35. The molecule has 1 saturated carbocycles. The van der Waals surface area contributed by atoms with Crippen molar-refractivity contribution in [3.05, 3.63) is 96.1 Å². The fraction of sp³-hybridized carbons (Fsp3) is 0.419. The molecule has 1 heterocycles. The second kappa shape index (κ2) is 11.8. The first-order valence-electron chi connectivity index (χ1n) is 13.5. The summed E-state index contributed by atoms with van der Waals surface area (Å²) in [7, 11) is -2.07. The van der Waals surface area contributed by atoms with Crippen LogP contribution in [0.15, 0.2) is 89.8 Å². The van der Waals surface area contributed by atoms with Crippen molar-refractivity contribution in [3.63, 3.8) is 0 Å². The van der Waals surface area contributed by atoms with Gasteiger partial charge in [0.2, 0.25) is 10.0 Å². The lowest BCUT2D eigenvalue weighted by molar-refractivity contribution is 0.0834. The minimum atomic E-state index is -3.66. The van der Waals surface area contributed by atoms with Gasteiger partial charge in [0.1, 0.15) is 5.75 Å². The fourth-order valence-corrected chi connectivity index (χ4v) is 7.87. The van der Waals surface area contributed by atoms with Crippen LogP contribution in [0.1, 0.15) is 55.6 Å². The Morgan fingerprint density at radius 2 is 1.43 bits per heavy atom. The van der Waals surface area contributed by atoms with Gasteiger partial charge in [-0.3, -0.25) is 4.90 Å². The van der Waals surface area contributed by atoms with E-state index in [0.717, 1.165) is 31.5 Å². The first-order chi connectivity index (χ1) is 18.1. The highest BCUT2D eigenvalue weighted by Crippen LogP contribution is 2.38. The Labute approximate surface area is 222 Å². The number of hydrogen-bond acceptors (Lipinski definition) is 4. The number of ether oxygens (including phenoxy) is 1. The molecule has 0 N–H and O–H groups in total. The quantitative estimate of drug-likeness (QED) is 0.363. The van der Waals surface area contributed by atoms with Crippen molar-refractivity contribution in [2.24, 2.45) is 0 Å². The Hall–Kier alpha value is -2.67. The van der Waals surface area contributed by atoms with Crippen molar-refractivity contribution < 1.29 is 13.2 Å². The number of likely N-dealkylation sites (tertiary alicyclic amines) is 1. The van der Waals surface area contributed by atoms with Crippen LogP contribution in [0, 0.1) is 0 Å². The van der Waals surface area contributed by atoms with E-state index < -0.39 is 10.0 Å². The molecule has 0 amide bonds. The van der Waals surface area contributed by atoms with Gasteiger partial charge in [-0.15, -0.1) is 0 Å². The third-order valence-corrected chi connectivity index (χ3v) is 10.1. The third-order valence-electron chi connectivity index (χ3n) is 8.18. The van der Waals surface area contributed by atoms with E-state index in [9.17, 15) is 8.42 Å². The number of piperidine rings is 1. The van der Waals surface area contributed by atoms with Gasteiger partial charge in [-0.1, -0.05) is 73.5 Å². The molecule has 2 unspecified atom stereocenters. The number of hydrogen-bond donors (Lipinski definition) is 0. The fourth-order valence-electron chi connectivity index (χ4n) is 6.20. The highest BCUT2D eigenvalue weighted by molar-refractivity contribution is 7.89. The van der Waals surface area contributed by atoms with Crippen molar-refractivity contribution in [2.75, 3.05) is 20.2 Å². The number of nitrogens with zero attached hydrogens (tertiary/aromatic N) is 2. The van der Waals surface area contributed by atoms with Gasteiger partial charge in [0.05, 0.1) is 12.0 Å². The van der Waals surface area contributed by atoms with Gasteiger partial charge in [0.25, 0.3) is 0 Å². The molecule has 2 atom stereocenters. The summed E-state index contributed by atoms with van der Waals surface area (Å²) >= 11 is 0. The van der Waals surface area contributed by atoms with E-state index >= 15 is 0 Å². The second-order valence-corrected chi connectivity index (χ2v) is 12.2. The molecule has 0 bridgehead atoms. The van der Waals surface area contributed by atoms with Crippen LogP contribution in [0.3, 0.4) is 0 Å². The molecule has 2 fully saturated rings. The van der Waals surface area contributed by atoms with Crippen LogP contribution in [-0.2, 0) is 16.6 Å². The lowest BCUT2D eigenvalue weighted by Crippen LogP contribution is -2.51. The lowest BCUT2D eigenvalue weighted by Gasteiger charge is -2.45. The molecular formula is C31H38N2O3S. The van der Waals surface area contributed by atoms with Crippen LogP contribution in [-0.4, -0.2) is 49.9 Å². The Bertz CT molecular complexity index is 1220. The molecule has 0 aromatic heterocycles. The Kier molecular flexibility index (Phi) is 8.28. The highest BCUT2D eigenvalue weighted by Gasteiger charge is 2.37. The molecule has 5 rings (SSSR count). The van der Waals surface area contributed by atoms with E-state index in [4.69, 9.17) is 4.74 Å². The normalized spacial score (nSPS) is 21.7. The molecule has 1 aliphatic heterocycles. The Morgan fingerprint density at radius 1 is 0.811 bits per heavy atom. The van der Waals surface area contributed by atoms with Crippen LogP contribution < -0.4 is 4.74 Å². The van der Waals surface area contributed by atoms with Gasteiger partial charge in [-0.05, 0) is 80.1 Å². The molecular weight excluding hydrogens is 480 g/mol. The summed E-state index contributed by atoms with van der Waals surface area (Å²) in [5.74, 6) is 1.22. The maximum absolute atomic E-state index is 13.9. The first kappa shape index (κ1) is 26.0. The molecule has 3 aromatic rings. The zero-order valence-corrected chi connectivity index (χ0v) is 22.5. The molecule has 1 aliphatic carbocycles. The van der Waals surface area contributed by atoms with E-state index in [1.807, 2.05) is 30.3 Å². The summed E-state index contributed by atoms with van der Waals surface area (Å²) in [6, 6.07) is 28.2. The van der Waals surface area contributed by atoms with Crippen molar-refractivity contribution >= 4 is 10.0 Å². The minimum absolute atomic E-state index is 0.0256. The van der Waals surface area contributed by atoms with E-state index in [1.165, 1.54) is 31.2 Å². The summed E-state index contributed by atoms with van der Waals surface area (Å²) < 4.78 is 34.9. The molecule has 0 spiro atoms. The standard InChI is InChI=1S/C31H38N2O3S/c1-36-28-16-18-29(19-17-28)37(34,35)33(24-25-10-4-2-5-11-25)27-20-22-32(23-21-27)31-15-9-8-14-30(31)26-12-6-3-7-13-26/h2-7,10-13,16-19,27,30-31H,8-9,14-15,20-24H2,1H3. The van der Waals surface area contributed by atoms with Crippen molar-refractivity contribution in [3.8, 4) is 5.75 Å². The molecule has 5 nitrogen and oxygen atoms in total. The smallest absolute Gasteiger partial charge is 0.243 e. The zero-order valence-electron chi connectivity index (χ0n) is 21.7. The molecule has 2 aliphatic rings. The maximum atomic E-state index is 13.9. The van der Waals surface area contributed by atoms with E-state index in [-0.39, 0.29) is 6.04 Å². The first-order valence-corrected chi connectivity index (χ1v) is 15.0. The summed E-state index contributed by atoms with van der Waals surface area (Å²) in [4.78, 5) is 2.97. The van der Waals surface area contributed by atoms with E-state index in [0.29, 0.717) is 29.1 Å². The van der Waals surface area contributed by atoms with Crippen molar-refractivity contribution in [1.29, 1.82) is 0 Å². The predicted octanol–water partition coefficient (Wildman–Crippen LogP) is 6.08. The maximum Gasteiger partial charge on any atom is 0.243 e. The van der Waals surface area contributed by atoms with Crippen LogP contribution in [0.25, 0.3) is 0 Å². The van der Waals surface area contributed by atoms with Crippen molar-refractivity contribution in [2.45, 2.75) is 68.0 Å². The van der Waals surface area contributed by atoms with E-state index in [1.54, 1.807) is 35.7 Å². The lowest BCUT2D eigenvalue weighted by atomic mass is 9.78. The Morgan fingerprint density at radius 3 is 2.08 bits per heavy atom. The highest BCUT2D eigenvalue weighted by atomic mass is 32.2. The van der Waals surface area contributed by atoms with Gasteiger partial charge in [-0.25, -0.2) is 8.42 Å². The molecule has 3 aromatic carbocycles. The van der Waals surface area contributed by atoms with Gasteiger partial charge in [-0.2, -0.15) is 4.31 Å². The molecule has 0 radical (unpaired) electrons.